The van der Waals surface area contributed by atoms with Gasteiger partial charge in [0.05, 0.1) is 0 Å². The minimum absolute atomic E-state index is 0.367. The highest BCUT2D eigenvalue weighted by molar-refractivity contribution is 5.36. The van der Waals surface area contributed by atoms with Crippen LogP contribution in [0.2, 0.25) is 0 Å². The number of hydrogen-bond acceptors (Lipinski definition) is 2. The molecular weight excluding hydrogens is 234 g/mol. The van der Waals surface area contributed by atoms with Crippen LogP contribution in [0.25, 0.3) is 0 Å². The molecule has 2 heteroatoms. The molecule has 106 valence electrons. The first kappa shape index (κ1) is 15.8. The van der Waals surface area contributed by atoms with Gasteiger partial charge in [-0.15, -0.1) is 0 Å². The molecule has 0 aromatic heterocycles. The second-order valence-corrected chi connectivity index (χ2v) is 4.85. The minimum Gasteiger partial charge on any atom is -0.489 e. The minimum atomic E-state index is 0.367. The quantitative estimate of drug-likeness (QED) is 0.662. The van der Waals surface area contributed by atoms with Crippen molar-refractivity contribution in [2.24, 2.45) is 0 Å². The summed E-state index contributed by atoms with van der Waals surface area (Å²) in [7, 11) is 0. The summed E-state index contributed by atoms with van der Waals surface area (Å²) in [4.78, 5) is 0. The van der Waals surface area contributed by atoms with Crippen LogP contribution in [0.15, 0.2) is 36.4 Å². The molecule has 1 N–H and O–H groups in total. The summed E-state index contributed by atoms with van der Waals surface area (Å²) in [5, 5.41) is 3.57. The van der Waals surface area contributed by atoms with Crippen LogP contribution in [-0.2, 0) is 0 Å². The third-order valence-electron chi connectivity index (χ3n) is 3.28. The maximum Gasteiger partial charge on any atom is 0.124 e. The van der Waals surface area contributed by atoms with Crippen LogP contribution in [0, 0.1) is 0 Å². The van der Waals surface area contributed by atoms with Gasteiger partial charge in [0.15, 0.2) is 0 Å². The number of ether oxygens (including phenoxy) is 1. The molecule has 1 unspecified atom stereocenters. The predicted molar refractivity (Wildman–Crippen MR) is 82.7 cm³/mol. The number of benzene rings is 1. The molecule has 0 amide bonds. The molecule has 0 aliphatic heterocycles. The van der Waals surface area contributed by atoms with Crippen molar-refractivity contribution in [3.05, 3.63) is 42.0 Å². The molecular formula is C17H27NO. The van der Waals surface area contributed by atoms with Crippen LogP contribution >= 0.6 is 0 Å². The molecule has 0 aliphatic rings. The van der Waals surface area contributed by atoms with Gasteiger partial charge in [0, 0.05) is 11.6 Å². The Bertz CT molecular complexity index is 387. The van der Waals surface area contributed by atoms with Crippen LogP contribution in [0.1, 0.15) is 51.6 Å². The van der Waals surface area contributed by atoms with E-state index in [4.69, 9.17) is 4.74 Å². The van der Waals surface area contributed by atoms with Gasteiger partial charge in [-0.1, -0.05) is 45.5 Å². The third kappa shape index (κ3) is 5.07. The van der Waals surface area contributed by atoms with E-state index in [2.05, 4.69) is 50.9 Å². The SMILES string of the molecule is C=C(CC)COc1ccccc1C(CC)NCCC. The zero-order valence-electron chi connectivity index (χ0n) is 12.5. The van der Waals surface area contributed by atoms with E-state index in [0.29, 0.717) is 12.6 Å². The van der Waals surface area contributed by atoms with E-state index >= 15 is 0 Å². The Kier molecular flexibility index (Phi) is 7.27. The van der Waals surface area contributed by atoms with Gasteiger partial charge in [-0.3, -0.25) is 0 Å². The first-order valence-electron chi connectivity index (χ1n) is 7.34. The second-order valence-electron chi connectivity index (χ2n) is 4.85. The van der Waals surface area contributed by atoms with Crippen LogP contribution < -0.4 is 10.1 Å². The molecule has 0 fully saturated rings. The van der Waals surface area contributed by atoms with Gasteiger partial charge in [0.2, 0.25) is 0 Å². The van der Waals surface area contributed by atoms with Gasteiger partial charge >= 0.3 is 0 Å². The van der Waals surface area contributed by atoms with Gasteiger partial charge in [-0.25, -0.2) is 0 Å². The average Bonchev–Trinajstić information content (AvgIpc) is 2.46. The summed E-state index contributed by atoms with van der Waals surface area (Å²) >= 11 is 0. The van der Waals surface area contributed by atoms with Crippen molar-refractivity contribution in [3.8, 4) is 5.75 Å². The van der Waals surface area contributed by atoms with Crippen molar-refractivity contribution >= 4 is 0 Å². The normalized spacial score (nSPS) is 12.2. The summed E-state index contributed by atoms with van der Waals surface area (Å²) in [5.41, 5.74) is 2.38. The van der Waals surface area contributed by atoms with Gasteiger partial charge in [-0.2, -0.15) is 0 Å². The monoisotopic (exact) mass is 261 g/mol. The lowest BCUT2D eigenvalue weighted by Crippen LogP contribution is -2.22. The first-order chi connectivity index (χ1) is 9.22. The van der Waals surface area contributed by atoms with E-state index in [1.807, 2.05) is 6.07 Å². The van der Waals surface area contributed by atoms with Crippen LogP contribution in [0.3, 0.4) is 0 Å². The highest BCUT2D eigenvalue weighted by Crippen LogP contribution is 2.27. The molecule has 0 saturated carbocycles. The third-order valence-corrected chi connectivity index (χ3v) is 3.28. The summed E-state index contributed by atoms with van der Waals surface area (Å²) in [6, 6.07) is 8.67. The van der Waals surface area contributed by atoms with Crippen molar-refractivity contribution in [3.63, 3.8) is 0 Å². The van der Waals surface area contributed by atoms with Gasteiger partial charge in [0.1, 0.15) is 12.4 Å². The largest absolute Gasteiger partial charge is 0.489 e. The molecule has 0 saturated heterocycles. The molecule has 0 heterocycles. The highest BCUT2D eigenvalue weighted by atomic mass is 16.5. The van der Waals surface area contributed by atoms with E-state index in [1.54, 1.807) is 0 Å². The summed E-state index contributed by atoms with van der Waals surface area (Å²) < 4.78 is 5.91. The molecule has 1 rings (SSSR count). The zero-order valence-corrected chi connectivity index (χ0v) is 12.5. The van der Waals surface area contributed by atoms with Crippen LogP contribution in [0.4, 0.5) is 0 Å². The van der Waals surface area contributed by atoms with Crippen molar-refractivity contribution in [2.75, 3.05) is 13.2 Å². The lowest BCUT2D eigenvalue weighted by molar-refractivity contribution is 0.339. The Balaban J connectivity index is 2.78. The zero-order chi connectivity index (χ0) is 14.1. The Hall–Kier alpha value is -1.28. The van der Waals surface area contributed by atoms with E-state index in [9.17, 15) is 0 Å². The molecule has 1 atom stereocenters. The molecule has 1 aromatic rings. The first-order valence-corrected chi connectivity index (χ1v) is 7.34. The van der Waals surface area contributed by atoms with Gasteiger partial charge in [-0.05, 0) is 37.4 Å². The summed E-state index contributed by atoms with van der Waals surface area (Å²) in [5.74, 6) is 0.979. The van der Waals surface area contributed by atoms with Crippen LogP contribution in [-0.4, -0.2) is 13.2 Å². The molecule has 0 spiro atoms. The van der Waals surface area contributed by atoms with E-state index in [-0.39, 0.29) is 0 Å². The Labute approximate surface area is 117 Å². The average molecular weight is 261 g/mol. The Morgan fingerprint density at radius 3 is 2.63 bits per heavy atom. The fraction of sp³-hybridized carbons (Fsp3) is 0.529. The number of nitrogens with one attached hydrogen (secondary N) is 1. The lowest BCUT2D eigenvalue weighted by atomic mass is 10.0. The van der Waals surface area contributed by atoms with Crippen molar-refractivity contribution < 1.29 is 4.74 Å². The number of hydrogen-bond donors (Lipinski definition) is 1. The second kappa shape index (κ2) is 8.76. The maximum absolute atomic E-state index is 5.91. The Morgan fingerprint density at radius 1 is 1.26 bits per heavy atom. The van der Waals surface area contributed by atoms with E-state index in [1.165, 1.54) is 5.56 Å². The number of para-hydroxylation sites is 1. The van der Waals surface area contributed by atoms with E-state index in [0.717, 1.165) is 37.1 Å². The van der Waals surface area contributed by atoms with Gasteiger partial charge in [0.25, 0.3) is 0 Å². The Morgan fingerprint density at radius 2 is 2.00 bits per heavy atom. The number of rotatable bonds is 9. The molecule has 1 aromatic carbocycles. The highest BCUT2D eigenvalue weighted by Gasteiger charge is 2.13. The van der Waals surface area contributed by atoms with Gasteiger partial charge < -0.3 is 10.1 Å². The van der Waals surface area contributed by atoms with E-state index < -0.39 is 0 Å². The maximum atomic E-state index is 5.91. The standard InChI is InChI=1S/C17H27NO/c1-5-12-18-16(7-3)15-10-8-9-11-17(15)19-13-14(4)6-2/h8-11,16,18H,4-7,12-13H2,1-3H3. The van der Waals surface area contributed by atoms with Crippen LogP contribution in [0.5, 0.6) is 5.75 Å². The molecule has 19 heavy (non-hydrogen) atoms. The molecule has 0 radical (unpaired) electrons. The van der Waals surface area contributed by atoms with Crippen molar-refractivity contribution in [1.82, 2.24) is 5.32 Å². The lowest BCUT2D eigenvalue weighted by Gasteiger charge is -2.20. The van der Waals surface area contributed by atoms with Crippen molar-refractivity contribution in [1.29, 1.82) is 0 Å². The molecule has 2 nitrogen and oxygen atoms in total. The predicted octanol–water partition coefficient (Wildman–Crippen LogP) is 4.48. The molecule has 0 aliphatic carbocycles. The van der Waals surface area contributed by atoms with Crippen molar-refractivity contribution in [2.45, 2.75) is 46.1 Å². The smallest absolute Gasteiger partial charge is 0.124 e. The molecule has 0 bridgehead atoms. The fourth-order valence-electron chi connectivity index (χ4n) is 1.97. The topological polar surface area (TPSA) is 21.3 Å². The summed E-state index contributed by atoms with van der Waals surface area (Å²) in [6.07, 6.45) is 3.18. The fourth-order valence-corrected chi connectivity index (χ4v) is 1.97. The summed E-state index contributed by atoms with van der Waals surface area (Å²) in [6.45, 7) is 12.1.